The van der Waals surface area contributed by atoms with Crippen molar-refractivity contribution in [2.75, 3.05) is 13.2 Å². The molecule has 1 heterocycles. The number of ether oxygens (including phenoxy) is 1. The molecular weight excluding hydrogens is 100 g/mol. The maximum Gasteiger partial charge on any atom is 0.0684 e. The zero-order chi connectivity index (χ0) is 5.98. The highest BCUT2D eigenvalue weighted by Gasteiger charge is 2.07. The molecule has 46 valence electrons. The van der Waals surface area contributed by atoms with Crippen LogP contribution in [0, 0.1) is 0 Å². The molecule has 0 saturated heterocycles. The first-order valence-corrected chi connectivity index (χ1v) is 3.10. The lowest BCUT2D eigenvalue weighted by atomic mass is 10.1. The van der Waals surface area contributed by atoms with Crippen molar-refractivity contribution in [3.8, 4) is 0 Å². The van der Waals surface area contributed by atoms with Crippen LogP contribution in [0.5, 0.6) is 0 Å². The molecule has 0 aromatic rings. The average Bonchev–Trinajstić information content (AvgIpc) is 2.14. The van der Waals surface area contributed by atoms with Crippen LogP contribution in [0.3, 0.4) is 0 Å². The zero-order valence-electron chi connectivity index (χ0n) is 5.53. The normalized spacial score (nSPS) is 20.2. The van der Waals surface area contributed by atoms with Gasteiger partial charge in [0.05, 0.1) is 13.2 Å². The van der Waals surface area contributed by atoms with Crippen LogP contribution in [0.1, 0.15) is 20.3 Å². The summed E-state index contributed by atoms with van der Waals surface area (Å²) >= 11 is 0. The van der Waals surface area contributed by atoms with Gasteiger partial charge in [-0.15, -0.1) is 0 Å². The molecule has 0 spiro atoms. The Labute approximate surface area is 50.3 Å². The summed E-state index contributed by atoms with van der Waals surface area (Å²) in [6.07, 6.45) is 1.16. The van der Waals surface area contributed by atoms with Gasteiger partial charge in [-0.2, -0.15) is 0 Å². The average molecular weight is 112 g/mol. The second-order valence-corrected chi connectivity index (χ2v) is 2.23. The Bertz CT molecular complexity index is 114. The quantitative estimate of drug-likeness (QED) is 0.469. The van der Waals surface area contributed by atoms with Gasteiger partial charge in [-0.1, -0.05) is 6.92 Å². The summed E-state index contributed by atoms with van der Waals surface area (Å²) in [5.41, 5.74) is 2.93. The molecule has 1 aliphatic heterocycles. The maximum atomic E-state index is 5.19. The first kappa shape index (κ1) is 5.83. The fraction of sp³-hybridized carbons (Fsp3) is 0.714. The van der Waals surface area contributed by atoms with Crippen LogP contribution in [0.4, 0.5) is 0 Å². The molecule has 1 rings (SSSR count). The smallest absolute Gasteiger partial charge is 0.0684 e. The molecule has 0 N–H and O–H groups in total. The summed E-state index contributed by atoms with van der Waals surface area (Å²) in [4.78, 5) is 0. The zero-order valence-corrected chi connectivity index (χ0v) is 5.53. The predicted octanol–water partition coefficient (Wildman–Crippen LogP) is 1.74. The van der Waals surface area contributed by atoms with E-state index < -0.39 is 0 Å². The van der Waals surface area contributed by atoms with E-state index in [2.05, 4.69) is 13.8 Å². The number of hydrogen-bond acceptors (Lipinski definition) is 1. The van der Waals surface area contributed by atoms with E-state index in [9.17, 15) is 0 Å². The molecule has 0 unspecified atom stereocenters. The molecule has 1 heteroatoms. The highest BCUT2D eigenvalue weighted by Crippen LogP contribution is 2.15. The van der Waals surface area contributed by atoms with Crippen LogP contribution >= 0.6 is 0 Å². The fourth-order valence-corrected chi connectivity index (χ4v) is 0.956. The Kier molecular flexibility index (Phi) is 1.69. The predicted molar refractivity (Wildman–Crippen MR) is 33.8 cm³/mol. The van der Waals surface area contributed by atoms with Gasteiger partial charge in [0.25, 0.3) is 0 Å². The van der Waals surface area contributed by atoms with Crippen LogP contribution in [-0.4, -0.2) is 13.2 Å². The van der Waals surface area contributed by atoms with Crippen molar-refractivity contribution in [1.29, 1.82) is 0 Å². The van der Waals surface area contributed by atoms with Crippen LogP contribution < -0.4 is 0 Å². The molecule has 0 saturated carbocycles. The van der Waals surface area contributed by atoms with Crippen molar-refractivity contribution >= 4 is 0 Å². The molecule has 0 aliphatic carbocycles. The minimum Gasteiger partial charge on any atom is -0.373 e. The Hall–Kier alpha value is -0.300. The number of rotatable bonds is 1. The van der Waals surface area contributed by atoms with Crippen molar-refractivity contribution in [1.82, 2.24) is 0 Å². The van der Waals surface area contributed by atoms with E-state index in [1.54, 1.807) is 0 Å². The van der Waals surface area contributed by atoms with Gasteiger partial charge in [0.15, 0.2) is 0 Å². The third kappa shape index (κ3) is 0.920. The van der Waals surface area contributed by atoms with E-state index >= 15 is 0 Å². The Morgan fingerprint density at radius 2 is 2.25 bits per heavy atom. The van der Waals surface area contributed by atoms with E-state index in [0.717, 1.165) is 19.6 Å². The topological polar surface area (TPSA) is 9.23 Å². The summed E-state index contributed by atoms with van der Waals surface area (Å²) in [6, 6.07) is 0. The van der Waals surface area contributed by atoms with E-state index in [1.165, 1.54) is 11.1 Å². The standard InChI is InChI=1S/C7H12O/c1-3-7-5-8-4-6(7)2/h3-5H2,1-2H3. The van der Waals surface area contributed by atoms with Crippen LogP contribution in [0.25, 0.3) is 0 Å². The van der Waals surface area contributed by atoms with Gasteiger partial charge < -0.3 is 4.74 Å². The van der Waals surface area contributed by atoms with Gasteiger partial charge in [0.1, 0.15) is 0 Å². The lowest BCUT2D eigenvalue weighted by molar-refractivity contribution is 0.203. The van der Waals surface area contributed by atoms with Crippen molar-refractivity contribution in [3.05, 3.63) is 11.1 Å². The largest absolute Gasteiger partial charge is 0.373 e. The molecule has 8 heavy (non-hydrogen) atoms. The molecule has 0 amide bonds. The Morgan fingerprint density at radius 3 is 2.50 bits per heavy atom. The highest BCUT2D eigenvalue weighted by molar-refractivity contribution is 5.16. The minimum atomic E-state index is 0.864. The van der Waals surface area contributed by atoms with E-state index in [1.807, 2.05) is 0 Å². The minimum absolute atomic E-state index is 0.864. The van der Waals surface area contributed by atoms with Crippen molar-refractivity contribution in [3.63, 3.8) is 0 Å². The van der Waals surface area contributed by atoms with E-state index in [0.29, 0.717) is 0 Å². The molecule has 0 aromatic heterocycles. The van der Waals surface area contributed by atoms with Crippen molar-refractivity contribution in [2.45, 2.75) is 20.3 Å². The molecule has 0 radical (unpaired) electrons. The first-order valence-electron chi connectivity index (χ1n) is 3.10. The van der Waals surface area contributed by atoms with Gasteiger partial charge in [-0.3, -0.25) is 0 Å². The summed E-state index contributed by atoms with van der Waals surface area (Å²) in [5, 5.41) is 0. The SMILES string of the molecule is CCC1=C(C)COC1. The third-order valence-electron chi connectivity index (χ3n) is 1.63. The lowest BCUT2D eigenvalue weighted by Crippen LogP contribution is -1.83. The molecule has 1 aliphatic rings. The number of hydrogen-bond donors (Lipinski definition) is 0. The van der Waals surface area contributed by atoms with Gasteiger partial charge >= 0.3 is 0 Å². The Balaban J connectivity index is 2.58. The summed E-state index contributed by atoms with van der Waals surface area (Å²) in [7, 11) is 0. The maximum absolute atomic E-state index is 5.19. The van der Waals surface area contributed by atoms with Gasteiger partial charge in [-0.25, -0.2) is 0 Å². The molecule has 1 nitrogen and oxygen atoms in total. The second-order valence-electron chi connectivity index (χ2n) is 2.23. The van der Waals surface area contributed by atoms with E-state index in [4.69, 9.17) is 4.74 Å². The second kappa shape index (κ2) is 2.31. The summed E-state index contributed by atoms with van der Waals surface area (Å²) in [6.45, 7) is 6.06. The van der Waals surface area contributed by atoms with Crippen LogP contribution in [0.15, 0.2) is 11.1 Å². The van der Waals surface area contributed by atoms with E-state index in [-0.39, 0.29) is 0 Å². The van der Waals surface area contributed by atoms with Gasteiger partial charge in [0.2, 0.25) is 0 Å². The molecular formula is C7H12O. The van der Waals surface area contributed by atoms with Crippen LogP contribution in [0.2, 0.25) is 0 Å². The molecule has 0 bridgehead atoms. The van der Waals surface area contributed by atoms with Crippen molar-refractivity contribution in [2.24, 2.45) is 0 Å². The summed E-state index contributed by atoms with van der Waals surface area (Å²) in [5.74, 6) is 0. The molecule has 0 fully saturated rings. The monoisotopic (exact) mass is 112 g/mol. The molecule has 0 atom stereocenters. The van der Waals surface area contributed by atoms with Crippen LogP contribution in [-0.2, 0) is 4.74 Å². The fourth-order valence-electron chi connectivity index (χ4n) is 0.956. The van der Waals surface area contributed by atoms with Gasteiger partial charge in [0, 0.05) is 0 Å². The lowest BCUT2D eigenvalue weighted by Gasteiger charge is -1.92. The van der Waals surface area contributed by atoms with Gasteiger partial charge in [-0.05, 0) is 24.5 Å². The van der Waals surface area contributed by atoms with Crippen molar-refractivity contribution < 1.29 is 4.74 Å². The highest BCUT2D eigenvalue weighted by atomic mass is 16.5. The third-order valence-corrected chi connectivity index (χ3v) is 1.63. The summed E-state index contributed by atoms with van der Waals surface area (Å²) < 4.78 is 5.19. The first-order chi connectivity index (χ1) is 3.84. The molecule has 0 aromatic carbocycles. The Morgan fingerprint density at radius 1 is 1.50 bits per heavy atom.